The van der Waals surface area contributed by atoms with Gasteiger partial charge in [0.05, 0.1) is 26.0 Å². The second-order valence-corrected chi connectivity index (χ2v) is 47.0. The van der Waals surface area contributed by atoms with E-state index in [2.05, 4.69) is 0 Å². The van der Waals surface area contributed by atoms with Gasteiger partial charge in [0.1, 0.15) is 0 Å². The van der Waals surface area contributed by atoms with E-state index in [4.69, 9.17) is 53.5 Å². The average Bonchev–Trinajstić information content (AvgIpc) is 0.666. The van der Waals surface area contributed by atoms with E-state index in [0.29, 0.717) is 5.19 Å². The van der Waals surface area contributed by atoms with E-state index in [1.807, 2.05) is 0 Å². The van der Waals surface area contributed by atoms with Crippen LogP contribution in [0, 0.1) is 0 Å². The lowest BCUT2D eigenvalue weighted by molar-refractivity contribution is -0.00297. The third kappa shape index (κ3) is 9.06. The molecule has 6 saturated heterocycles. The summed E-state index contributed by atoms with van der Waals surface area (Å²) >= 11 is 0. The molecule has 11 aromatic carbocycles. The van der Waals surface area contributed by atoms with Gasteiger partial charge in [-0.05, 0) is 20.7 Å². The van der Waals surface area contributed by atoms with Crippen LogP contribution in [0.15, 0.2) is 327 Å². The summed E-state index contributed by atoms with van der Waals surface area (Å²) in [7, 11) is -52.5. The van der Waals surface area contributed by atoms with Gasteiger partial charge < -0.3 is 49.4 Å². The molecule has 12 nitrogen and oxygen atoms in total. The fourth-order valence-electron chi connectivity index (χ4n) is 11.3. The molecule has 11 aromatic rings. The molecular weight excluding hydrogens is 1240 g/mol. The highest BCUT2D eigenvalue weighted by Crippen LogP contribution is 2.48. The van der Waals surface area contributed by atoms with Gasteiger partial charge in [-0.2, -0.15) is 0 Å². The molecule has 21 heteroatoms. The molecule has 17 rings (SSSR count). The molecule has 0 aliphatic carbocycles. The topological polar surface area (TPSA) is 111 Å². The van der Waals surface area contributed by atoms with Gasteiger partial charge in [-0.3, -0.25) is 0 Å². The number of rotatable bonds is 12. The zero-order chi connectivity index (χ0) is 74.6. The van der Waals surface area contributed by atoms with Crippen LogP contribution in [-0.2, 0) is 49.4 Å². The maximum atomic E-state index is 11.6. The molecule has 426 valence electrons. The van der Waals surface area contributed by atoms with Crippen molar-refractivity contribution in [2.75, 3.05) is 0 Å². The summed E-state index contributed by atoms with van der Waals surface area (Å²) in [4.78, 5) is 0. The lowest BCUT2D eigenvalue weighted by Gasteiger charge is -2.62. The van der Waals surface area contributed by atoms with Gasteiger partial charge in [-0.25, -0.2) is 0 Å². The first-order chi connectivity index (χ1) is 50.6. The van der Waals surface area contributed by atoms with Crippen LogP contribution in [0.3, 0.4) is 0 Å². The zero-order valence-corrected chi connectivity index (χ0v) is 54.1. The number of hydrogen-bond acceptors (Lipinski definition) is 12. The Morgan fingerprint density at radius 1 is 0.195 bits per heavy atom. The molecule has 6 aliphatic heterocycles. The summed E-state index contributed by atoms with van der Waals surface area (Å²) in [6.45, 7) is 0. The SMILES string of the molecule is [2H]c1c([2H])c([2H])c([Si](c2c([2H])c([2H])c([2H])c([2H])c2[2H])(c2c([2H])c([2H])c([2H])c([2H])c2[2H])c2c([2H])c([2H])c([2H])c([Si]34O[Si]5(c6ccccc6)O[Si]6(c7ccccc7)O[Si]7(c8ccccc8)O[Si](c8ccccc8)(O5)O[Si](c5ccccc5)(O[Si](c5ccccc5)(O7)O[Si](c5ccccc5)(O6)O3)O4)c2[2H])c([2H])c1[2H]. The van der Waals surface area contributed by atoms with Crippen molar-refractivity contribution >= 4 is 141 Å². The van der Waals surface area contributed by atoms with Crippen molar-refractivity contribution in [3.63, 3.8) is 0 Å². The van der Waals surface area contributed by atoms with Crippen molar-refractivity contribution in [2.45, 2.75) is 0 Å². The Labute approximate surface area is 540 Å². The second-order valence-electron chi connectivity index (χ2n) is 20.2. The van der Waals surface area contributed by atoms with Gasteiger partial charge in [-0.1, -0.05) is 327 Å². The predicted octanol–water partition coefficient (Wildman–Crippen LogP) is 4.40. The highest BCUT2D eigenvalue weighted by molar-refractivity contribution is 7.20. The van der Waals surface area contributed by atoms with Crippen molar-refractivity contribution in [1.82, 2.24) is 0 Å². The Balaban J connectivity index is 1.18. The highest BCUT2D eigenvalue weighted by Gasteiger charge is 2.86. The average molecular weight is 1310 g/mol. The minimum atomic E-state index is -6.67. The molecule has 0 atom stereocenters. The Bertz CT molecular complexity index is 4870. The fourth-order valence-corrected chi connectivity index (χ4v) is 60.7. The van der Waals surface area contributed by atoms with E-state index >= 15 is 0 Å². The second kappa shape index (κ2) is 21.6. The molecule has 6 aliphatic rings. The minimum Gasteiger partial charge on any atom is -0.366 e. The standard InChI is InChI=1S/C66H54O12Si9/c1-11-32-55(33-12-1)79(56-34-13-2-14-35-56,57-36-15-3-16-37-57)65-52-31-53-66(54-65)87-76-84(62-46-25-8-26-47-62)70-81(59-40-19-5-20-41-59)67-80(58-38-17-4-18-39-58)68-82(72-84,60-42-21-6-22-43-60)74-86(78-87,64-50-29-10-30-51-64)75-83(69-80,61-44-23-7-24-45-61)73-85(71-81,77-87)63-48-27-9-28-49-63/h1-54H/i1D,2D,3D,11D,12D,13D,14D,15D,16D,31D,32D,33D,34D,35D,36D,37D,52D,53D,54D. The predicted molar refractivity (Wildman–Crippen MR) is 351 cm³/mol. The Morgan fingerprint density at radius 3 is 0.586 bits per heavy atom. The third-order valence-corrected chi connectivity index (χ3v) is 53.0. The van der Waals surface area contributed by atoms with Crippen LogP contribution in [0.5, 0.6) is 0 Å². The summed E-state index contributed by atoms with van der Waals surface area (Å²) in [6, 6.07) is 35.8. The van der Waals surface area contributed by atoms with Gasteiger partial charge in [-0.15, -0.1) is 0 Å². The molecule has 0 saturated carbocycles. The molecule has 0 N–H and O–H groups in total. The summed E-state index contributed by atoms with van der Waals surface area (Å²) in [6.07, 6.45) is 0. The first kappa shape index (κ1) is 38.3. The monoisotopic (exact) mass is 1310 g/mol. The summed E-state index contributed by atoms with van der Waals surface area (Å²) < 4.78 is 286. The highest BCUT2D eigenvalue weighted by atomic mass is 28.6. The summed E-state index contributed by atoms with van der Waals surface area (Å²) in [5.74, 6) is 0. The molecule has 0 amide bonds. The van der Waals surface area contributed by atoms with Crippen LogP contribution in [-0.4, -0.2) is 78.5 Å². The van der Waals surface area contributed by atoms with E-state index in [1.165, 1.54) is 0 Å². The van der Waals surface area contributed by atoms with Crippen LogP contribution in [0.25, 0.3) is 0 Å². The van der Waals surface area contributed by atoms with Crippen molar-refractivity contribution < 1.29 is 75.4 Å². The lowest BCUT2D eigenvalue weighted by Crippen LogP contribution is -2.96. The largest absolute Gasteiger partial charge is 0.515 e. The Morgan fingerprint density at radius 2 is 0.379 bits per heavy atom. The summed E-state index contributed by atoms with van der Waals surface area (Å²) in [5.41, 5.74) is 0. The van der Waals surface area contributed by atoms with Gasteiger partial charge in [0, 0.05) is 41.5 Å². The molecule has 87 heavy (non-hydrogen) atoms. The molecule has 6 fully saturated rings. The van der Waals surface area contributed by atoms with Crippen molar-refractivity contribution in [3.8, 4) is 0 Å². The third-order valence-electron chi connectivity index (χ3n) is 15.0. The van der Waals surface area contributed by atoms with E-state index in [-0.39, 0.29) is 31.1 Å². The van der Waals surface area contributed by atoms with Crippen LogP contribution in [0.2, 0.25) is 0 Å². The van der Waals surface area contributed by atoms with E-state index < -0.39 is 219 Å². The molecule has 0 radical (unpaired) electrons. The molecule has 0 unspecified atom stereocenters. The Kier molecular flexibility index (Phi) is 9.51. The van der Waals surface area contributed by atoms with Crippen LogP contribution >= 0.6 is 0 Å². The molecular formula is C66H54O12Si9. The first-order valence-corrected chi connectivity index (χ1v) is 43.1. The fraction of sp³-hybridized carbons (Fsp3) is 0. The maximum absolute atomic E-state index is 11.6. The Hall–Kier alpha value is -7.11. The minimum absolute atomic E-state index is 0.0307. The molecule has 0 spiro atoms. The van der Waals surface area contributed by atoms with Gasteiger partial charge in [0.2, 0.25) is 0 Å². The molecule has 8 bridgehead atoms. The van der Waals surface area contributed by atoms with Crippen molar-refractivity contribution in [2.24, 2.45) is 0 Å². The smallest absolute Gasteiger partial charge is 0.366 e. The number of hydrogen-bond donors (Lipinski definition) is 0. The number of benzene rings is 11. The van der Waals surface area contributed by atoms with Gasteiger partial charge in [0.15, 0.2) is 8.07 Å². The van der Waals surface area contributed by atoms with Gasteiger partial charge in [0.25, 0.3) is 0 Å². The van der Waals surface area contributed by atoms with Crippen LogP contribution in [0.4, 0.5) is 0 Å². The van der Waals surface area contributed by atoms with E-state index in [9.17, 15) is 21.9 Å². The zero-order valence-electron chi connectivity index (χ0n) is 64.1. The van der Waals surface area contributed by atoms with Crippen molar-refractivity contribution in [1.29, 1.82) is 0 Å². The van der Waals surface area contributed by atoms with Crippen LogP contribution in [0.1, 0.15) is 26.0 Å². The molecule has 6 heterocycles. The van der Waals surface area contributed by atoms with Crippen LogP contribution < -0.4 is 62.2 Å². The van der Waals surface area contributed by atoms with E-state index in [1.54, 1.807) is 212 Å². The summed E-state index contributed by atoms with van der Waals surface area (Å²) in [5, 5.41) is -4.58. The quantitative estimate of drug-likeness (QED) is 0.128. The normalized spacial score (nSPS) is 32.0. The lowest BCUT2D eigenvalue weighted by atomic mass is 10.3. The maximum Gasteiger partial charge on any atom is 0.515 e. The molecule has 0 aromatic heterocycles. The first-order valence-electron chi connectivity index (χ1n) is 36.8. The van der Waals surface area contributed by atoms with Crippen molar-refractivity contribution in [3.05, 3.63) is 327 Å². The van der Waals surface area contributed by atoms with Gasteiger partial charge >= 0.3 is 70.4 Å². The van der Waals surface area contributed by atoms with E-state index in [0.717, 1.165) is 0 Å².